The van der Waals surface area contributed by atoms with Gasteiger partial charge in [0.2, 0.25) is 0 Å². The Kier molecular flexibility index (Phi) is 7.39. The Bertz CT molecular complexity index is 1090. The maximum Gasteiger partial charge on any atom is 0.166 e. The molecular weight excluding hydrogens is 425 g/mol. The van der Waals surface area contributed by atoms with E-state index in [0.29, 0.717) is 24.0 Å². The predicted molar refractivity (Wildman–Crippen MR) is 124 cm³/mol. The van der Waals surface area contributed by atoms with E-state index < -0.39 is 11.6 Å². The first-order valence-corrected chi connectivity index (χ1v) is 11.4. The Morgan fingerprint density at radius 2 is 1.42 bits per heavy atom. The molecule has 2 nitrogen and oxygen atoms in total. The van der Waals surface area contributed by atoms with Crippen LogP contribution in [0.15, 0.2) is 54.6 Å². The third-order valence-corrected chi connectivity index (χ3v) is 6.74. The van der Waals surface area contributed by atoms with E-state index in [2.05, 4.69) is 0 Å². The summed E-state index contributed by atoms with van der Waals surface area (Å²) in [6.07, 6.45) is 4.95. The molecule has 1 aliphatic rings. The summed E-state index contributed by atoms with van der Waals surface area (Å²) in [6, 6.07) is 15.8. The van der Waals surface area contributed by atoms with Gasteiger partial charge in [-0.25, -0.2) is 13.2 Å². The molecule has 0 spiro atoms. The first-order valence-electron chi connectivity index (χ1n) is 11.4. The highest BCUT2D eigenvalue weighted by Crippen LogP contribution is 2.37. The second kappa shape index (κ2) is 10.4. The van der Waals surface area contributed by atoms with Crippen molar-refractivity contribution in [3.05, 3.63) is 88.7 Å². The molecule has 1 aliphatic carbocycles. The highest BCUT2D eigenvalue weighted by Gasteiger charge is 2.26. The molecule has 0 aliphatic heterocycles. The van der Waals surface area contributed by atoms with Gasteiger partial charge in [-0.2, -0.15) is 0 Å². The van der Waals surface area contributed by atoms with Crippen molar-refractivity contribution in [1.82, 2.24) is 0 Å². The molecule has 0 radical (unpaired) electrons. The van der Waals surface area contributed by atoms with Crippen LogP contribution in [0.2, 0.25) is 0 Å². The van der Waals surface area contributed by atoms with Crippen molar-refractivity contribution in [1.29, 1.82) is 0 Å². The van der Waals surface area contributed by atoms with E-state index in [1.807, 2.05) is 30.3 Å². The van der Waals surface area contributed by atoms with Gasteiger partial charge in [-0.1, -0.05) is 42.5 Å². The van der Waals surface area contributed by atoms with Crippen molar-refractivity contribution in [3.63, 3.8) is 0 Å². The molecule has 33 heavy (non-hydrogen) atoms. The Morgan fingerprint density at radius 1 is 0.758 bits per heavy atom. The van der Waals surface area contributed by atoms with Crippen LogP contribution in [-0.2, 0) is 17.6 Å². The molecule has 0 bridgehead atoms. The number of aryl methyl sites for hydroxylation is 2. The molecule has 3 aromatic carbocycles. The van der Waals surface area contributed by atoms with Crippen LogP contribution in [0, 0.1) is 17.5 Å². The van der Waals surface area contributed by atoms with Crippen LogP contribution in [0.25, 0.3) is 11.1 Å². The Morgan fingerprint density at radius 3 is 2.06 bits per heavy atom. The van der Waals surface area contributed by atoms with Crippen LogP contribution in [0.1, 0.15) is 48.3 Å². The zero-order valence-corrected chi connectivity index (χ0v) is 19.0. The summed E-state index contributed by atoms with van der Waals surface area (Å²) < 4.78 is 54.1. The monoisotopic (exact) mass is 454 g/mol. The van der Waals surface area contributed by atoms with Gasteiger partial charge in [-0.3, -0.25) is 0 Å². The van der Waals surface area contributed by atoms with Crippen LogP contribution >= 0.6 is 0 Å². The van der Waals surface area contributed by atoms with Crippen molar-refractivity contribution < 1.29 is 22.6 Å². The molecule has 3 aromatic rings. The van der Waals surface area contributed by atoms with E-state index in [-0.39, 0.29) is 29.2 Å². The van der Waals surface area contributed by atoms with Crippen LogP contribution in [0.3, 0.4) is 0 Å². The zero-order valence-electron chi connectivity index (χ0n) is 19.0. The number of benzene rings is 3. The molecule has 0 heterocycles. The first-order chi connectivity index (χ1) is 16.0. The van der Waals surface area contributed by atoms with Crippen LogP contribution in [-0.4, -0.2) is 20.3 Å². The zero-order chi connectivity index (χ0) is 23.4. The minimum atomic E-state index is -0.789. The molecule has 0 unspecified atom stereocenters. The molecule has 5 heteroatoms. The number of hydrogen-bond donors (Lipinski definition) is 0. The number of ether oxygens (including phenoxy) is 2. The first kappa shape index (κ1) is 23.4. The minimum Gasteiger partial charge on any atom is -0.494 e. The summed E-state index contributed by atoms with van der Waals surface area (Å²) >= 11 is 0. The van der Waals surface area contributed by atoms with Crippen molar-refractivity contribution >= 4 is 0 Å². The molecule has 1 saturated carbocycles. The van der Waals surface area contributed by atoms with Crippen molar-refractivity contribution in [3.8, 4) is 16.9 Å². The third-order valence-electron chi connectivity index (χ3n) is 6.74. The summed E-state index contributed by atoms with van der Waals surface area (Å²) in [4.78, 5) is 0. The summed E-state index contributed by atoms with van der Waals surface area (Å²) in [5.74, 6) is -1.64. The maximum absolute atomic E-state index is 15.0. The molecule has 174 valence electrons. The van der Waals surface area contributed by atoms with Crippen molar-refractivity contribution in [2.45, 2.75) is 50.5 Å². The van der Waals surface area contributed by atoms with Gasteiger partial charge < -0.3 is 9.47 Å². The van der Waals surface area contributed by atoms with E-state index in [4.69, 9.17) is 9.47 Å². The van der Waals surface area contributed by atoms with E-state index in [9.17, 15) is 13.2 Å². The number of hydrogen-bond acceptors (Lipinski definition) is 2. The predicted octanol–water partition coefficient (Wildman–Crippen LogP) is 7.24. The Balaban J connectivity index is 1.44. The topological polar surface area (TPSA) is 18.5 Å². The molecule has 0 atom stereocenters. The average Bonchev–Trinajstić information content (AvgIpc) is 2.85. The smallest absolute Gasteiger partial charge is 0.166 e. The van der Waals surface area contributed by atoms with Gasteiger partial charge in [0, 0.05) is 12.7 Å². The lowest BCUT2D eigenvalue weighted by Gasteiger charge is -2.28. The number of methoxy groups -OCH3 is 2. The van der Waals surface area contributed by atoms with E-state index in [1.165, 1.54) is 13.2 Å². The quantitative estimate of drug-likeness (QED) is 0.375. The SMILES string of the molecule is COc1ccc(CCc2ccc(-c3ccc(C4CCC(OC)CC4)c(F)c3F)cc2)cc1F. The summed E-state index contributed by atoms with van der Waals surface area (Å²) in [6.45, 7) is 0. The van der Waals surface area contributed by atoms with Gasteiger partial charge in [0.05, 0.1) is 13.2 Å². The second-order valence-electron chi connectivity index (χ2n) is 8.71. The van der Waals surface area contributed by atoms with Gasteiger partial charge in [0.1, 0.15) is 0 Å². The van der Waals surface area contributed by atoms with Gasteiger partial charge >= 0.3 is 0 Å². The maximum atomic E-state index is 15.0. The third kappa shape index (κ3) is 5.25. The molecular formula is C28H29F3O2. The van der Waals surface area contributed by atoms with Crippen LogP contribution in [0.4, 0.5) is 13.2 Å². The van der Waals surface area contributed by atoms with E-state index in [0.717, 1.165) is 36.8 Å². The fraction of sp³-hybridized carbons (Fsp3) is 0.357. The van der Waals surface area contributed by atoms with Crippen molar-refractivity contribution in [2.75, 3.05) is 14.2 Å². The highest BCUT2D eigenvalue weighted by atomic mass is 19.2. The van der Waals surface area contributed by atoms with E-state index >= 15 is 0 Å². The lowest BCUT2D eigenvalue weighted by molar-refractivity contribution is 0.0655. The average molecular weight is 455 g/mol. The lowest BCUT2D eigenvalue weighted by Crippen LogP contribution is -2.20. The van der Waals surface area contributed by atoms with Crippen LogP contribution in [0.5, 0.6) is 5.75 Å². The van der Waals surface area contributed by atoms with Crippen LogP contribution < -0.4 is 4.74 Å². The Labute approximate surface area is 193 Å². The standard InChI is InChI=1S/C28H29F3O2/c1-32-22-12-10-21(11-13-22)24-15-14-23(27(30)28(24)31)20-8-5-18(6-9-20)3-4-19-7-16-26(33-2)25(29)17-19/h5-9,14-17,21-22H,3-4,10-13H2,1-2H3. The summed E-state index contributed by atoms with van der Waals surface area (Å²) in [7, 11) is 3.14. The molecule has 0 amide bonds. The van der Waals surface area contributed by atoms with Gasteiger partial charge in [0.25, 0.3) is 0 Å². The molecule has 1 fully saturated rings. The highest BCUT2D eigenvalue weighted by molar-refractivity contribution is 5.65. The fourth-order valence-corrected chi connectivity index (χ4v) is 4.72. The van der Waals surface area contributed by atoms with Gasteiger partial charge in [0.15, 0.2) is 23.2 Å². The number of halogens is 3. The summed E-state index contributed by atoms with van der Waals surface area (Å²) in [5.41, 5.74) is 3.29. The molecule has 0 aromatic heterocycles. The van der Waals surface area contributed by atoms with Gasteiger partial charge in [-0.15, -0.1) is 0 Å². The van der Waals surface area contributed by atoms with Gasteiger partial charge in [-0.05, 0) is 78.8 Å². The van der Waals surface area contributed by atoms with E-state index in [1.54, 1.807) is 25.3 Å². The Hall–Kier alpha value is -2.79. The summed E-state index contributed by atoms with van der Waals surface area (Å²) in [5, 5.41) is 0. The lowest BCUT2D eigenvalue weighted by atomic mass is 9.82. The number of rotatable bonds is 7. The fourth-order valence-electron chi connectivity index (χ4n) is 4.72. The molecule has 0 N–H and O–H groups in total. The molecule has 4 rings (SSSR count). The largest absolute Gasteiger partial charge is 0.494 e. The second-order valence-corrected chi connectivity index (χ2v) is 8.71. The van der Waals surface area contributed by atoms with Crippen molar-refractivity contribution in [2.24, 2.45) is 0 Å². The minimum absolute atomic E-state index is 0.0325. The normalized spacial score (nSPS) is 18.3. The molecule has 0 saturated heterocycles.